The van der Waals surface area contributed by atoms with Crippen molar-refractivity contribution in [3.05, 3.63) is 29.6 Å². The molecule has 0 spiro atoms. The van der Waals surface area contributed by atoms with Gasteiger partial charge in [0.2, 0.25) is 15.9 Å². The van der Waals surface area contributed by atoms with Crippen molar-refractivity contribution in [2.75, 3.05) is 24.2 Å². The van der Waals surface area contributed by atoms with Crippen LogP contribution in [0.15, 0.2) is 22.7 Å². The Hall–Kier alpha value is -2.26. The second-order valence-electron chi connectivity index (χ2n) is 8.11. The van der Waals surface area contributed by atoms with Gasteiger partial charge in [0.15, 0.2) is 5.82 Å². The van der Waals surface area contributed by atoms with E-state index in [1.54, 1.807) is 0 Å². The van der Waals surface area contributed by atoms with E-state index in [0.29, 0.717) is 48.8 Å². The normalized spacial score (nSPS) is 18.0. The highest BCUT2D eigenvalue weighted by atomic mass is 32.2. The number of carbonyl (C=O) groups excluding carboxylic acids is 1. The van der Waals surface area contributed by atoms with Crippen molar-refractivity contribution in [1.82, 2.24) is 14.4 Å². The minimum absolute atomic E-state index is 0.110. The zero-order valence-corrected chi connectivity index (χ0v) is 18.8. The molecule has 1 amide bonds. The van der Waals surface area contributed by atoms with Crippen LogP contribution >= 0.6 is 0 Å². The molecule has 1 N–H and O–H groups in total. The number of amides is 1. The van der Waals surface area contributed by atoms with Gasteiger partial charge in [0.1, 0.15) is 0 Å². The van der Waals surface area contributed by atoms with Crippen LogP contribution in [0.3, 0.4) is 0 Å². The number of aryl methyl sites for hydroxylation is 1. The molecule has 1 aromatic carbocycles. The first-order chi connectivity index (χ1) is 14.2. The number of sulfonamides is 1. The first-order valence-electron chi connectivity index (χ1n) is 10.4. The summed E-state index contributed by atoms with van der Waals surface area (Å²) in [6, 6.07) is 5.61. The molecule has 8 nitrogen and oxygen atoms in total. The fourth-order valence-corrected chi connectivity index (χ4v) is 5.20. The molecule has 30 heavy (non-hydrogen) atoms. The monoisotopic (exact) mass is 434 g/mol. The number of nitrogens with zero attached hydrogens (tertiary/aromatic N) is 3. The first-order valence-corrected chi connectivity index (χ1v) is 12.1. The number of rotatable bonds is 7. The van der Waals surface area contributed by atoms with E-state index in [2.05, 4.69) is 15.5 Å². The van der Waals surface area contributed by atoms with Gasteiger partial charge in [-0.05, 0) is 37.8 Å². The highest BCUT2D eigenvalue weighted by molar-refractivity contribution is 7.89. The minimum Gasteiger partial charge on any atom is -0.334 e. The van der Waals surface area contributed by atoms with Crippen LogP contribution in [0, 0.1) is 12.8 Å². The number of anilines is 1. The maximum absolute atomic E-state index is 13.0. The average molecular weight is 435 g/mol. The molecule has 1 aliphatic rings. The van der Waals surface area contributed by atoms with Crippen LogP contribution in [0.2, 0.25) is 0 Å². The maximum Gasteiger partial charge on any atom is 0.260 e. The van der Waals surface area contributed by atoms with Gasteiger partial charge in [-0.25, -0.2) is 12.7 Å². The summed E-state index contributed by atoms with van der Waals surface area (Å²) in [5, 5.41) is 7.02. The summed E-state index contributed by atoms with van der Waals surface area (Å²) < 4.78 is 31.7. The van der Waals surface area contributed by atoms with Crippen molar-refractivity contribution in [3.8, 4) is 11.5 Å². The van der Waals surface area contributed by atoms with E-state index in [0.717, 1.165) is 5.56 Å². The number of hydrogen-bond donors (Lipinski definition) is 1. The van der Waals surface area contributed by atoms with Crippen molar-refractivity contribution >= 4 is 21.6 Å². The molecule has 2 heterocycles. The minimum atomic E-state index is -3.32. The van der Waals surface area contributed by atoms with E-state index in [4.69, 9.17) is 4.52 Å². The molecule has 0 radical (unpaired) electrons. The number of benzene rings is 1. The maximum atomic E-state index is 13.0. The van der Waals surface area contributed by atoms with Gasteiger partial charge in [-0.2, -0.15) is 4.98 Å². The van der Waals surface area contributed by atoms with Crippen LogP contribution in [-0.4, -0.2) is 47.6 Å². The van der Waals surface area contributed by atoms with Crippen LogP contribution < -0.4 is 5.32 Å². The third-order valence-corrected chi connectivity index (χ3v) is 7.36. The predicted molar refractivity (Wildman–Crippen MR) is 116 cm³/mol. The Morgan fingerprint density at radius 1 is 1.37 bits per heavy atom. The molecule has 1 saturated heterocycles. The van der Waals surface area contributed by atoms with E-state index in [-0.39, 0.29) is 24.1 Å². The zero-order chi connectivity index (χ0) is 21.9. The second kappa shape index (κ2) is 9.26. The smallest absolute Gasteiger partial charge is 0.260 e. The van der Waals surface area contributed by atoms with Gasteiger partial charge >= 0.3 is 0 Å². The lowest BCUT2D eigenvalue weighted by Gasteiger charge is -2.31. The number of aromatic nitrogens is 2. The van der Waals surface area contributed by atoms with E-state index in [1.165, 1.54) is 4.31 Å². The van der Waals surface area contributed by atoms with Crippen molar-refractivity contribution in [1.29, 1.82) is 0 Å². The molecular weight excluding hydrogens is 404 g/mol. The third kappa shape index (κ3) is 4.89. The Balaban J connectivity index is 1.81. The SMILES string of the molecule is CCCS(=O)(=O)N1CCCC(C(=O)Nc2c(C)cccc2-c2nc(C(C)C)no2)C1. The van der Waals surface area contributed by atoms with Crippen LogP contribution in [0.5, 0.6) is 0 Å². The van der Waals surface area contributed by atoms with Crippen molar-refractivity contribution < 1.29 is 17.7 Å². The summed E-state index contributed by atoms with van der Waals surface area (Å²) in [6.07, 6.45) is 1.89. The summed E-state index contributed by atoms with van der Waals surface area (Å²) in [6.45, 7) is 8.39. The molecule has 9 heteroatoms. The van der Waals surface area contributed by atoms with E-state index in [1.807, 2.05) is 45.9 Å². The lowest BCUT2D eigenvalue weighted by Crippen LogP contribution is -2.44. The number of nitrogens with one attached hydrogen (secondary N) is 1. The van der Waals surface area contributed by atoms with E-state index in [9.17, 15) is 13.2 Å². The summed E-state index contributed by atoms with van der Waals surface area (Å²) in [4.78, 5) is 17.5. The molecule has 0 saturated carbocycles. The lowest BCUT2D eigenvalue weighted by atomic mass is 9.98. The number of hydrogen-bond acceptors (Lipinski definition) is 6. The van der Waals surface area contributed by atoms with Crippen molar-refractivity contribution in [2.45, 2.75) is 52.9 Å². The molecule has 3 rings (SSSR count). The molecule has 1 fully saturated rings. The topological polar surface area (TPSA) is 105 Å². The van der Waals surface area contributed by atoms with Gasteiger partial charge in [0, 0.05) is 19.0 Å². The Morgan fingerprint density at radius 3 is 2.80 bits per heavy atom. The van der Waals surface area contributed by atoms with Crippen LogP contribution in [0.1, 0.15) is 57.3 Å². The molecule has 0 aliphatic carbocycles. The van der Waals surface area contributed by atoms with Crippen LogP contribution in [0.25, 0.3) is 11.5 Å². The molecule has 1 aromatic heterocycles. The lowest BCUT2D eigenvalue weighted by molar-refractivity contribution is -0.120. The second-order valence-corrected chi connectivity index (χ2v) is 10.2. The largest absolute Gasteiger partial charge is 0.334 e. The Morgan fingerprint density at radius 2 is 2.13 bits per heavy atom. The first kappa shape index (κ1) is 22.4. The molecule has 2 aromatic rings. The standard InChI is InChI=1S/C21H30N4O4S/c1-5-12-30(27,28)25-11-7-9-16(13-25)20(26)22-18-15(4)8-6-10-17(18)21-23-19(14(2)3)24-29-21/h6,8,10,14,16H,5,7,9,11-13H2,1-4H3,(H,22,26). The van der Waals surface area contributed by atoms with Crippen molar-refractivity contribution in [3.63, 3.8) is 0 Å². The van der Waals surface area contributed by atoms with Gasteiger partial charge in [-0.3, -0.25) is 4.79 Å². The van der Waals surface area contributed by atoms with Crippen molar-refractivity contribution in [2.24, 2.45) is 5.92 Å². The molecule has 1 atom stereocenters. The van der Waals surface area contributed by atoms with Gasteiger partial charge < -0.3 is 9.84 Å². The summed E-state index contributed by atoms with van der Waals surface area (Å²) in [5.74, 6) is 0.612. The summed E-state index contributed by atoms with van der Waals surface area (Å²) in [5.41, 5.74) is 2.15. The van der Waals surface area contributed by atoms with Gasteiger partial charge in [-0.1, -0.05) is 38.1 Å². The average Bonchev–Trinajstić information content (AvgIpc) is 3.20. The molecule has 164 valence electrons. The van der Waals surface area contributed by atoms with Gasteiger partial charge in [0.05, 0.1) is 22.9 Å². The number of para-hydroxylation sites is 1. The quantitative estimate of drug-likeness (QED) is 0.714. The van der Waals surface area contributed by atoms with E-state index < -0.39 is 15.9 Å². The van der Waals surface area contributed by atoms with E-state index >= 15 is 0 Å². The summed E-state index contributed by atoms with van der Waals surface area (Å²) >= 11 is 0. The highest BCUT2D eigenvalue weighted by Gasteiger charge is 2.32. The fraction of sp³-hybridized carbons (Fsp3) is 0.571. The Bertz CT molecular complexity index is 1000. The zero-order valence-electron chi connectivity index (χ0n) is 18.0. The van der Waals surface area contributed by atoms with Crippen LogP contribution in [-0.2, 0) is 14.8 Å². The molecular formula is C21H30N4O4S. The predicted octanol–water partition coefficient (Wildman–Crippen LogP) is 3.56. The Labute approximate surface area is 178 Å². The summed E-state index contributed by atoms with van der Waals surface area (Å²) in [7, 11) is -3.32. The Kier molecular flexibility index (Phi) is 6.92. The molecule has 0 bridgehead atoms. The number of piperidine rings is 1. The highest BCUT2D eigenvalue weighted by Crippen LogP contribution is 2.31. The molecule has 1 aliphatic heterocycles. The third-order valence-electron chi connectivity index (χ3n) is 5.32. The van der Waals surface area contributed by atoms with Gasteiger partial charge in [0.25, 0.3) is 5.89 Å². The van der Waals surface area contributed by atoms with Gasteiger partial charge in [-0.15, -0.1) is 0 Å². The number of carbonyl (C=O) groups is 1. The fourth-order valence-electron chi connectivity index (χ4n) is 3.61. The molecule has 1 unspecified atom stereocenters. The van der Waals surface area contributed by atoms with Crippen LogP contribution in [0.4, 0.5) is 5.69 Å².